The Kier molecular flexibility index (Phi) is 2.03. The molecule has 0 aliphatic carbocycles. The molecule has 0 radical (unpaired) electrons. The van der Waals surface area contributed by atoms with E-state index in [2.05, 4.69) is 10.3 Å². The number of imide groups is 1. The predicted octanol–water partition coefficient (Wildman–Crippen LogP) is 0.723. The highest BCUT2D eigenvalue weighted by Crippen LogP contribution is 2.05. The van der Waals surface area contributed by atoms with Gasteiger partial charge in [-0.2, -0.15) is 4.99 Å². The summed E-state index contributed by atoms with van der Waals surface area (Å²) < 4.78 is 0. The minimum atomic E-state index is -0.536. The fourth-order valence-electron chi connectivity index (χ4n) is 0.896. The van der Waals surface area contributed by atoms with Crippen molar-refractivity contribution in [1.82, 2.24) is 5.32 Å². The van der Waals surface area contributed by atoms with Crippen molar-refractivity contribution in [3.8, 4) is 0 Å². The molecule has 0 saturated heterocycles. The number of hydrogen-bond acceptors (Lipinski definition) is 2. The third-order valence-corrected chi connectivity index (χ3v) is 1.32. The van der Waals surface area contributed by atoms with E-state index in [4.69, 9.17) is 0 Å². The van der Waals surface area contributed by atoms with Crippen molar-refractivity contribution in [3.63, 3.8) is 0 Å². The van der Waals surface area contributed by atoms with Gasteiger partial charge in [0, 0.05) is 0 Å². The lowest BCUT2D eigenvalue weighted by molar-refractivity contribution is -0.113. The van der Waals surface area contributed by atoms with Crippen molar-refractivity contribution in [3.05, 3.63) is 0 Å². The molecule has 0 saturated carbocycles. The second kappa shape index (κ2) is 2.82. The summed E-state index contributed by atoms with van der Waals surface area (Å²) in [6.45, 7) is 3.94. The lowest BCUT2D eigenvalue weighted by atomic mass is 10.1. The molecular formula is C7H10N2O2. The molecule has 0 bridgehead atoms. The molecule has 3 amide bonds. The third-order valence-electron chi connectivity index (χ3n) is 1.32. The van der Waals surface area contributed by atoms with Crippen molar-refractivity contribution in [2.45, 2.75) is 20.3 Å². The average molecular weight is 154 g/mol. The van der Waals surface area contributed by atoms with Crippen LogP contribution in [0.15, 0.2) is 4.99 Å². The van der Waals surface area contributed by atoms with Crippen LogP contribution in [0.3, 0.4) is 0 Å². The van der Waals surface area contributed by atoms with Crippen LogP contribution in [0, 0.1) is 5.92 Å². The van der Waals surface area contributed by atoms with Crippen molar-refractivity contribution >= 4 is 17.6 Å². The summed E-state index contributed by atoms with van der Waals surface area (Å²) in [7, 11) is 0. The first-order chi connectivity index (χ1) is 5.09. The molecule has 0 atom stereocenters. The molecule has 4 nitrogen and oxygen atoms in total. The van der Waals surface area contributed by atoms with Gasteiger partial charge in [-0.1, -0.05) is 13.8 Å². The molecular weight excluding hydrogens is 144 g/mol. The Morgan fingerprint density at radius 3 is 2.45 bits per heavy atom. The topological polar surface area (TPSA) is 58.5 Å². The number of aliphatic imine (C=N–C) groups is 1. The molecule has 1 aliphatic rings. The summed E-state index contributed by atoms with van der Waals surface area (Å²) in [5.41, 5.74) is 0.352. The van der Waals surface area contributed by atoms with Gasteiger partial charge in [-0.05, 0) is 12.3 Å². The standard InChI is InChI=1S/C7H10N2O2/c1-4(2)3-5-6(10)9-7(11)8-5/h4H,3H2,1-2H3,(H,9,10,11). The molecule has 0 aromatic carbocycles. The van der Waals surface area contributed by atoms with Gasteiger partial charge < -0.3 is 0 Å². The largest absolute Gasteiger partial charge is 0.348 e. The summed E-state index contributed by atoms with van der Waals surface area (Å²) in [6, 6.07) is -0.536. The van der Waals surface area contributed by atoms with Crippen LogP contribution < -0.4 is 5.32 Å². The summed E-state index contributed by atoms with van der Waals surface area (Å²) in [4.78, 5) is 24.9. The molecule has 60 valence electrons. The Bertz CT molecular complexity index is 231. The van der Waals surface area contributed by atoms with Gasteiger partial charge in [0.15, 0.2) is 0 Å². The Hall–Kier alpha value is -1.19. The van der Waals surface area contributed by atoms with Gasteiger partial charge >= 0.3 is 6.03 Å². The lowest BCUT2D eigenvalue weighted by Gasteiger charge is -1.99. The highest BCUT2D eigenvalue weighted by molar-refractivity contribution is 6.46. The molecule has 0 aromatic rings. The maximum absolute atomic E-state index is 10.9. The fourth-order valence-corrected chi connectivity index (χ4v) is 0.896. The van der Waals surface area contributed by atoms with Crippen molar-refractivity contribution in [1.29, 1.82) is 0 Å². The SMILES string of the molecule is CC(C)CC1=NC(=O)NC1=O. The molecule has 1 N–H and O–H groups in total. The van der Waals surface area contributed by atoms with Crippen LogP contribution in [0.4, 0.5) is 4.79 Å². The first-order valence-corrected chi connectivity index (χ1v) is 3.52. The van der Waals surface area contributed by atoms with Gasteiger partial charge in [0.2, 0.25) is 0 Å². The Morgan fingerprint density at radius 2 is 2.09 bits per heavy atom. The number of nitrogens with one attached hydrogen (secondary N) is 1. The van der Waals surface area contributed by atoms with Crippen LogP contribution in [0.2, 0.25) is 0 Å². The highest BCUT2D eigenvalue weighted by Gasteiger charge is 2.22. The van der Waals surface area contributed by atoms with E-state index in [9.17, 15) is 9.59 Å². The van der Waals surface area contributed by atoms with E-state index < -0.39 is 6.03 Å². The summed E-state index contributed by atoms with van der Waals surface area (Å²) in [5, 5.41) is 2.09. The number of carbonyl (C=O) groups excluding carboxylic acids is 2. The van der Waals surface area contributed by atoms with Gasteiger partial charge in [-0.15, -0.1) is 0 Å². The molecule has 0 unspecified atom stereocenters. The van der Waals surface area contributed by atoms with Crippen molar-refractivity contribution < 1.29 is 9.59 Å². The smallest absolute Gasteiger partial charge is 0.271 e. The quantitative estimate of drug-likeness (QED) is 0.637. The maximum atomic E-state index is 10.9. The van der Waals surface area contributed by atoms with E-state index >= 15 is 0 Å². The van der Waals surface area contributed by atoms with Crippen LogP contribution in [-0.4, -0.2) is 17.6 Å². The van der Waals surface area contributed by atoms with Crippen LogP contribution >= 0.6 is 0 Å². The van der Waals surface area contributed by atoms with Gasteiger partial charge in [-0.3, -0.25) is 10.1 Å². The molecule has 1 rings (SSSR count). The van der Waals surface area contributed by atoms with E-state index in [1.807, 2.05) is 13.8 Å². The molecule has 11 heavy (non-hydrogen) atoms. The highest BCUT2D eigenvalue weighted by atomic mass is 16.2. The van der Waals surface area contributed by atoms with E-state index in [1.54, 1.807) is 0 Å². The minimum Gasteiger partial charge on any atom is -0.271 e. The number of amides is 3. The van der Waals surface area contributed by atoms with Crippen LogP contribution in [0.5, 0.6) is 0 Å². The summed E-state index contributed by atoms with van der Waals surface area (Å²) in [5.74, 6) is 0.00843. The fraction of sp³-hybridized carbons (Fsp3) is 0.571. The van der Waals surface area contributed by atoms with Gasteiger partial charge in [0.25, 0.3) is 5.91 Å². The maximum Gasteiger partial charge on any atom is 0.348 e. The second-order valence-corrected chi connectivity index (χ2v) is 2.92. The van der Waals surface area contributed by atoms with Gasteiger partial charge in [0.05, 0.1) is 0 Å². The van der Waals surface area contributed by atoms with Gasteiger partial charge in [-0.25, -0.2) is 4.79 Å². The number of nitrogens with zero attached hydrogens (tertiary/aromatic N) is 1. The second-order valence-electron chi connectivity index (χ2n) is 2.92. The number of rotatable bonds is 2. The third kappa shape index (κ3) is 1.86. The molecule has 1 heterocycles. The monoisotopic (exact) mass is 154 g/mol. The molecule has 0 aromatic heterocycles. The normalized spacial score (nSPS) is 17.2. The van der Waals surface area contributed by atoms with E-state index in [0.29, 0.717) is 18.1 Å². The first-order valence-electron chi connectivity index (χ1n) is 3.52. The number of hydrogen-bond donors (Lipinski definition) is 1. The zero-order valence-corrected chi connectivity index (χ0v) is 6.55. The lowest BCUT2D eigenvalue weighted by Crippen LogP contribution is -2.25. The minimum absolute atomic E-state index is 0.344. The predicted molar refractivity (Wildman–Crippen MR) is 40.4 cm³/mol. The number of carbonyl (C=O) groups is 2. The molecule has 0 fully saturated rings. The van der Waals surface area contributed by atoms with Crippen LogP contribution in [-0.2, 0) is 4.79 Å². The molecule has 1 aliphatic heterocycles. The molecule has 0 spiro atoms. The van der Waals surface area contributed by atoms with E-state index in [0.717, 1.165) is 0 Å². The zero-order chi connectivity index (χ0) is 8.43. The zero-order valence-electron chi connectivity index (χ0n) is 6.55. The number of urea groups is 1. The molecule has 4 heteroatoms. The van der Waals surface area contributed by atoms with Crippen molar-refractivity contribution in [2.75, 3.05) is 0 Å². The Morgan fingerprint density at radius 1 is 1.45 bits per heavy atom. The van der Waals surface area contributed by atoms with E-state index in [-0.39, 0.29) is 5.91 Å². The van der Waals surface area contributed by atoms with Crippen LogP contribution in [0.25, 0.3) is 0 Å². The van der Waals surface area contributed by atoms with Gasteiger partial charge in [0.1, 0.15) is 5.71 Å². The Labute approximate surface area is 64.7 Å². The van der Waals surface area contributed by atoms with Crippen molar-refractivity contribution in [2.24, 2.45) is 10.9 Å². The summed E-state index contributed by atoms with van der Waals surface area (Å²) >= 11 is 0. The average Bonchev–Trinajstić information content (AvgIpc) is 2.09. The van der Waals surface area contributed by atoms with Crippen LogP contribution in [0.1, 0.15) is 20.3 Å². The van der Waals surface area contributed by atoms with E-state index in [1.165, 1.54) is 0 Å². The summed E-state index contributed by atoms with van der Waals surface area (Å²) in [6.07, 6.45) is 0.567. The first kappa shape index (κ1) is 7.91. The Balaban J connectivity index is 2.64.